The molecule has 0 rings (SSSR count). The summed E-state index contributed by atoms with van der Waals surface area (Å²) in [5.74, 6) is 0.352. The minimum Gasteiger partial charge on any atom is -0.210 e. The van der Waals surface area contributed by atoms with Crippen molar-refractivity contribution < 1.29 is 8.78 Å². The summed E-state index contributed by atoms with van der Waals surface area (Å²) in [4.78, 5) is 0. The number of hydrogen-bond acceptors (Lipinski definition) is 0. The molecule has 0 radical (unpaired) electrons. The predicted molar refractivity (Wildman–Crippen MR) is 57.3 cm³/mol. The number of alkyl halides is 2. The molecule has 0 fully saturated rings. The molecule has 0 bridgehead atoms. The van der Waals surface area contributed by atoms with Crippen molar-refractivity contribution in [2.45, 2.75) is 61.3 Å². The zero-order valence-electron chi connectivity index (χ0n) is 10.2. The van der Waals surface area contributed by atoms with Crippen molar-refractivity contribution in [1.29, 1.82) is 0 Å². The molecule has 0 amide bonds. The second-order valence-electron chi connectivity index (χ2n) is 4.02. The molecule has 0 atom stereocenters. The van der Waals surface area contributed by atoms with Crippen LogP contribution in [0.25, 0.3) is 0 Å². The van der Waals surface area contributed by atoms with Crippen LogP contribution >= 0.6 is 0 Å². The minimum atomic E-state index is -2.15. The van der Waals surface area contributed by atoms with E-state index in [0.29, 0.717) is 0 Å². The number of halogens is 2. The van der Waals surface area contributed by atoms with Crippen molar-refractivity contribution >= 4 is 0 Å². The van der Waals surface area contributed by atoms with Crippen LogP contribution in [0.4, 0.5) is 8.78 Å². The molecular weight excluding hydrogens is 170 g/mol. The van der Waals surface area contributed by atoms with Crippen LogP contribution in [-0.2, 0) is 0 Å². The van der Waals surface area contributed by atoms with Crippen LogP contribution in [0.3, 0.4) is 0 Å². The Morgan fingerprint density at radius 1 is 0.846 bits per heavy atom. The van der Waals surface area contributed by atoms with Gasteiger partial charge in [-0.15, -0.1) is 0 Å². The van der Waals surface area contributed by atoms with Crippen molar-refractivity contribution in [3.8, 4) is 0 Å². The van der Waals surface area contributed by atoms with E-state index in [1.54, 1.807) is 0 Å². The zero-order chi connectivity index (χ0) is 11.4. The Hall–Kier alpha value is -0.140. The van der Waals surface area contributed by atoms with Gasteiger partial charge in [0.1, 0.15) is 0 Å². The maximum atomic E-state index is 11.2. The second-order valence-corrected chi connectivity index (χ2v) is 4.02. The van der Waals surface area contributed by atoms with E-state index < -0.39 is 12.3 Å². The Labute approximate surface area is 82.7 Å². The largest absolute Gasteiger partial charge is 0.240 e. The maximum Gasteiger partial charge on any atom is 0.240 e. The summed E-state index contributed by atoms with van der Waals surface area (Å²) in [7, 11) is 0. The molecule has 13 heavy (non-hydrogen) atoms. The molecule has 0 N–H and O–H groups in total. The topological polar surface area (TPSA) is 0 Å². The van der Waals surface area contributed by atoms with Gasteiger partial charge in [0.2, 0.25) is 6.43 Å². The van der Waals surface area contributed by atoms with E-state index >= 15 is 0 Å². The second kappa shape index (κ2) is 14.4. The van der Waals surface area contributed by atoms with E-state index in [0.717, 1.165) is 5.92 Å². The Morgan fingerprint density at radius 3 is 0.923 bits per heavy atom. The standard InChI is InChI=1S/C4H8F2.C4H10.C3H8/c1-3(2)4(5)6;1-4(2)3;1-3-2/h3-4H,1-2H3;4H,1-3H3;3H2,1-2H3. The lowest BCUT2D eigenvalue weighted by Gasteiger charge is -1.97. The molecule has 0 aromatic heterocycles. The Bertz CT molecular complexity index is 59.7. The van der Waals surface area contributed by atoms with Gasteiger partial charge in [-0.1, -0.05) is 54.9 Å². The summed E-state index contributed by atoms with van der Waals surface area (Å²) in [6, 6.07) is 0. The van der Waals surface area contributed by atoms with Crippen LogP contribution in [0.15, 0.2) is 0 Å². The predicted octanol–water partition coefficient (Wildman–Crippen LogP) is 4.99. The molecule has 0 aromatic rings. The van der Waals surface area contributed by atoms with Crippen LogP contribution in [0.5, 0.6) is 0 Å². The molecule has 0 spiro atoms. The van der Waals surface area contributed by atoms with Gasteiger partial charge in [0.05, 0.1) is 0 Å². The van der Waals surface area contributed by atoms with Crippen LogP contribution < -0.4 is 0 Å². The summed E-state index contributed by atoms with van der Waals surface area (Å²) < 4.78 is 22.3. The molecule has 0 nitrogen and oxygen atoms in total. The van der Waals surface area contributed by atoms with Gasteiger partial charge in [0.15, 0.2) is 0 Å². The monoisotopic (exact) mass is 196 g/mol. The summed E-state index contributed by atoms with van der Waals surface area (Å²) in [5, 5.41) is 0. The van der Waals surface area contributed by atoms with E-state index in [2.05, 4.69) is 34.6 Å². The third kappa shape index (κ3) is 77.4. The van der Waals surface area contributed by atoms with Gasteiger partial charge in [0, 0.05) is 5.92 Å². The van der Waals surface area contributed by atoms with Crippen molar-refractivity contribution in [1.82, 2.24) is 0 Å². The van der Waals surface area contributed by atoms with Crippen molar-refractivity contribution in [3.05, 3.63) is 0 Å². The zero-order valence-corrected chi connectivity index (χ0v) is 10.2. The lowest BCUT2D eigenvalue weighted by atomic mass is 10.2. The van der Waals surface area contributed by atoms with Gasteiger partial charge in [-0.05, 0) is 5.92 Å². The van der Waals surface area contributed by atoms with E-state index in [1.807, 2.05) is 0 Å². The quantitative estimate of drug-likeness (QED) is 0.554. The van der Waals surface area contributed by atoms with Crippen LogP contribution in [-0.4, -0.2) is 6.43 Å². The van der Waals surface area contributed by atoms with Gasteiger partial charge >= 0.3 is 0 Å². The van der Waals surface area contributed by atoms with Gasteiger partial charge in [-0.3, -0.25) is 0 Å². The highest BCUT2D eigenvalue weighted by atomic mass is 19.3. The van der Waals surface area contributed by atoms with Crippen molar-refractivity contribution in [2.75, 3.05) is 0 Å². The highest BCUT2D eigenvalue weighted by Gasteiger charge is 2.05. The first-order chi connectivity index (χ1) is 5.79. The summed E-state index contributed by atoms with van der Waals surface area (Å²) in [6.07, 6.45) is -0.898. The third-order valence-electron chi connectivity index (χ3n) is 0.504. The van der Waals surface area contributed by atoms with Crippen molar-refractivity contribution in [3.63, 3.8) is 0 Å². The molecule has 2 heteroatoms. The van der Waals surface area contributed by atoms with E-state index in [1.165, 1.54) is 20.3 Å². The average Bonchev–Trinajstić information content (AvgIpc) is 1.87. The Balaban J connectivity index is -0.000000125. The first kappa shape index (κ1) is 18.6. The average molecular weight is 196 g/mol. The smallest absolute Gasteiger partial charge is 0.210 e. The van der Waals surface area contributed by atoms with Gasteiger partial charge < -0.3 is 0 Å². The molecule has 0 unspecified atom stereocenters. The van der Waals surface area contributed by atoms with E-state index in [9.17, 15) is 8.78 Å². The first-order valence-electron chi connectivity index (χ1n) is 5.07. The van der Waals surface area contributed by atoms with Crippen molar-refractivity contribution in [2.24, 2.45) is 11.8 Å². The summed E-state index contributed by atoms with van der Waals surface area (Å²) >= 11 is 0. The van der Waals surface area contributed by atoms with E-state index in [-0.39, 0.29) is 0 Å². The van der Waals surface area contributed by atoms with Gasteiger partial charge in [0.25, 0.3) is 0 Å². The molecule has 0 heterocycles. The highest BCUT2D eigenvalue weighted by molar-refractivity contribution is 4.41. The fraction of sp³-hybridized carbons (Fsp3) is 1.00. The molecular formula is C11H26F2. The molecule has 0 saturated heterocycles. The fourth-order valence-corrected chi connectivity index (χ4v) is 0. The first-order valence-corrected chi connectivity index (χ1v) is 5.07. The molecule has 0 aliphatic carbocycles. The lowest BCUT2D eigenvalue weighted by molar-refractivity contribution is 0.0955. The van der Waals surface area contributed by atoms with E-state index in [4.69, 9.17) is 0 Å². The molecule has 84 valence electrons. The SMILES string of the molecule is CC(C)C.CC(C)C(F)F.CCC. The van der Waals surface area contributed by atoms with Gasteiger partial charge in [-0.25, -0.2) is 8.78 Å². The Morgan fingerprint density at radius 2 is 0.923 bits per heavy atom. The minimum absolute atomic E-state index is 0.481. The molecule has 0 aliphatic rings. The van der Waals surface area contributed by atoms with Crippen LogP contribution in [0.1, 0.15) is 54.9 Å². The Kier molecular flexibility index (Phi) is 20.6. The van der Waals surface area contributed by atoms with Crippen LogP contribution in [0.2, 0.25) is 0 Å². The lowest BCUT2D eigenvalue weighted by Crippen LogP contribution is -1.99. The molecule has 0 saturated carbocycles. The summed E-state index contributed by atoms with van der Waals surface area (Å²) in [6.45, 7) is 13.7. The van der Waals surface area contributed by atoms with Crippen LogP contribution in [0, 0.1) is 11.8 Å². The molecule has 0 aliphatic heterocycles. The normalized spacial score (nSPS) is 9.23. The molecule has 0 aromatic carbocycles. The third-order valence-corrected chi connectivity index (χ3v) is 0.504. The number of rotatable bonds is 1. The van der Waals surface area contributed by atoms with Gasteiger partial charge in [-0.2, -0.15) is 0 Å². The fourth-order valence-electron chi connectivity index (χ4n) is 0. The maximum absolute atomic E-state index is 11.2. The highest BCUT2D eigenvalue weighted by Crippen LogP contribution is 2.04. The summed E-state index contributed by atoms with van der Waals surface area (Å²) in [5.41, 5.74) is 0. The number of hydrogen-bond donors (Lipinski definition) is 0.